The lowest BCUT2D eigenvalue weighted by Gasteiger charge is -2.49. The molecule has 22 heavy (non-hydrogen) atoms. The van der Waals surface area contributed by atoms with E-state index in [1.807, 2.05) is 0 Å². The van der Waals surface area contributed by atoms with Crippen LogP contribution in [0.2, 0.25) is 0 Å². The summed E-state index contributed by atoms with van der Waals surface area (Å²) < 4.78 is 5.07. The van der Waals surface area contributed by atoms with E-state index in [0.717, 1.165) is 19.3 Å². The topological polar surface area (TPSA) is 47.3 Å². The van der Waals surface area contributed by atoms with Crippen molar-refractivity contribution in [3.63, 3.8) is 0 Å². The smallest absolute Gasteiger partial charge is 0.188 e. The maximum atomic E-state index is 12.9. The molecule has 3 rings (SSSR count). The number of carbonyl (C=O) groups is 1. The predicted octanol–water partition coefficient (Wildman–Crippen LogP) is 3.99. The van der Waals surface area contributed by atoms with Gasteiger partial charge in [0, 0.05) is 24.0 Å². The Morgan fingerprint density at radius 2 is 2.05 bits per heavy atom. The molecule has 0 radical (unpaired) electrons. The van der Waals surface area contributed by atoms with Crippen LogP contribution in [-0.2, 0) is 11.2 Å². The minimum absolute atomic E-state index is 0.0941. The minimum Gasteiger partial charge on any atom is -0.472 e. The lowest BCUT2D eigenvalue weighted by atomic mass is 9.55. The molecule has 3 nitrogen and oxygen atoms in total. The molecule has 2 saturated carbocycles. The molecule has 120 valence electrons. The van der Waals surface area contributed by atoms with Crippen LogP contribution in [0.5, 0.6) is 0 Å². The van der Waals surface area contributed by atoms with Gasteiger partial charge in [0.15, 0.2) is 5.43 Å². The second-order valence-corrected chi connectivity index (χ2v) is 8.12. The Morgan fingerprint density at radius 3 is 2.77 bits per heavy atom. The number of hydrogen-bond donors (Lipinski definition) is 0. The molecular formula is C19H26O3. The second-order valence-electron chi connectivity index (χ2n) is 8.12. The molecule has 1 aromatic rings. The van der Waals surface area contributed by atoms with Crippen molar-refractivity contribution in [2.75, 3.05) is 0 Å². The summed E-state index contributed by atoms with van der Waals surface area (Å²) in [7, 11) is 0. The Labute approximate surface area is 132 Å². The molecule has 3 heteroatoms. The van der Waals surface area contributed by atoms with Crippen LogP contribution < -0.4 is 5.43 Å². The number of fused-ring (bicyclic) bond motifs is 1. The molecule has 0 aromatic carbocycles. The third kappa shape index (κ3) is 2.45. The van der Waals surface area contributed by atoms with Gasteiger partial charge < -0.3 is 4.42 Å². The number of hydrogen-bond acceptors (Lipinski definition) is 3. The lowest BCUT2D eigenvalue weighted by Crippen LogP contribution is -2.43. The fourth-order valence-electron chi connectivity index (χ4n) is 5.32. The normalized spacial score (nSPS) is 33.4. The maximum Gasteiger partial charge on any atom is 0.188 e. The Morgan fingerprint density at radius 1 is 1.27 bits per heavy atom. The minimum atomic E-state index is -0.0942. The van der Waals surface area contributed by atoms with E-state index in [-0.39, 0.29) is 29.0 Å². The molecule has 2 aliphatic carbocycles. The van der Waals surface area contributed by atoms with Gasteiger partial charge in [-0.25, -0.2) is 0 Å². The molecule has 1 heterocycles. The van der Waals surface area contributed by atoms with E-state index in [9.17, 15) is 9.59 Å². The number of Topliss-reactive ketones (excluding diaryl/α,β-unsaturated/α-hetero) is 1. The van der Waals surface area contributed by atoms with E-state index >= 15 is 0 Å². The van der Waals surface area contributed by atoms with Gasteiger partial charge in [0.1, 0.15) is 5.78 Å². The van der Waals surface area contributed by atoms with E-state index in [4.69, 9.17) is 4.42 Å². The SMILES string of the molecule is CC1(C)CCC[C@]2(C)[C@@H](C(=O)Cc3coccc3=O)CC[C@@H]12. The first kappa shape index (κ1) is 15.5. The summed E-state index contributed by atoms with van der Waals surface area (Å²) >= 11 is 0. The van der Waals surface area contributed by atoms with Gasteiger partial charge in [0.25, 0.3) is 0 Å². The average molecular weight is 302 g/mol. The largest absolute Gasteiger partial charge is 0.472 e. The van der Waals surface area contributed by atoms with Gasteiger partial charge in [-0.3, -0.25) is 9.59 Å². The number of carbonyl (C=O) groups excluding carboxylic acids is 1. The highest BCUT2D eigenvalue weighted by molar-refractivity contribution is 5.84. The van der Waals surface area contributed by atoms with Gasteiger partial charge >= 0.3 is 0 Å². The first-order valence-electron chi connectivity index (χ1n) is 8.43. The Hall–Kier alpha value is -1.38. The highest BCUT2D eigenvalue weighted by atomic mass is 16.3. The van der Waals surface area contributed by atoms with Crippen molar-refractivity contribution in [2.45, 2.75) is 59.3 Å². The second kappa shape index (κ2) is 5.36. The monoisotopic (exact) mass is 302 g/mol. The number of rotatable bonds is 3. The summed E-state index contributed by atoms with van der Waals surface area (Å²) in [5.41, 5.74) is 0.833. The Balaban J connectivity index is 1.82. The summed E-state index contributed by atoms with van der Waals surface area (Å²) in [6.07, 6.45) is 8.74. The first-order valence-corrected chi connectivity index (χ1v) is 8.43. The average Bonchev–Trinajstić information content (AvgIpc) is 2.80. The standard InChI is InChI=1S/C19H26O3/c1-18(2)8-4-9-19(3)14(5-6-17(18)19)16(21)11-13-12-22-10-7-15(13)20/h7,10,12,14,17H,4-6,8-9,11H2,1-3H3/t14-,17+,19-/m1/s1. The van der Waals surface area contributed by atoms with Crippen LogP contribution in [0.15, 0.2) is 27.8 Å². The molecule has 0 unspecified atom stereocenters. The van der Waals surface area contributed by atoms with Crippen molar-refractivity contribution in [1.82, 2.24) is 0 Å². The van der Waals surface area contributed by atoms with Gasteiger partial charge in [0.2, 0.25) is 0 Å². The molecule has 1 aromatic heterocycles. The Kier molecular flexibility index (Phi) is 3.78. The fourth-order valence-corrected chi connectivity index (χ4v) is 5.32. The van der Waals surface area contributed by atoms with Crippen molar-refractivity contribution in [3.05, 3.63) is 34.4 Å². The van der Waals surface area contributed by atoms with Crippen molar-refractivity contribution in [1.29, 1.82) is 0 Å². The molecule has 0 bridgehead atoms. The molecule has 0 saturated heterocycles. The summed E-state index contributed by atoms with van der Waals surface area (Å²) in [5.74, 6) is 0.938. The molecule has 3 atom stereocenters. The molecule has 0 amide bonds. The van der Waals surface area contributed by atoms with Gasteiger partial charge in [0.05, 0.1) is 12.5 Å². The first-order chi connectivity index (χ1) is 10.3. The van der Waals surface area contributed by atoms with Crippen LogP contribution in [0.1, 0.15) is 58.4 Å². The summed E-state index contributed by atoms with van der Waals surface area (Å²) in [4.78, 5) is 24.7. The van der Waals surface area contributed by atoms with Gasteiger partial charge in [-0.05, 0) is 42.4 Å². The maximum absolute atomic E-state index is 12.9. The van der Waals surface area contributed by atoms with Gasteiger partial charge in [-0.15, -0.1) is 0 Å². The van der Waals surface area contributed by atoms with Crippen LogP contribution >= 0.6 is 0 Å². The number of ketones is 1. The van der Waals surface area contributed by atoms with Crippen molar-refractivity contribution in [3.8, 4) is 0 Å². The zero-order valence-corrected chi connectivity index (χ0v) is 13.9. The van der Waals surface area contributed by atoms with Gasteiger partial charge in [-0.1, -0.05) is 27.2 Å². The van der Waals surface area contributed by atoms with E-state index in [1.165, 1.54) is 31.4 Å². The van der Waals surface area contributed by atoms with E-state index in [1.54, 1.807) is 0 Å². The van der Waals surface area contributed by atoms with Crippen molar-refractivity contribution < 1.29 is 9.21 Å². The fraction of sp³-hybridized carbons (Fsp3) is 0.684. The van der Waals surface area contributed by atoms with E-state index in [0.29, 0.717) is 16.9 Å². The highest BCUT2D eigenvalue weighted by Crippen LogP contribution is 2.61. The predicted molar refractivity (Wildman–Crippen MR) is 85.6 cm³/mol. The quantitative estimate of drug-likeness (QED) is 0.848. The van der Waals surface area contributed by atoms with Crippen LogP contribution in [0.25, 0.3) is 0 Å². The third-order valence-corrected chi connectivity index (χ3v) is 6.39. The van der Waals surface area contributed by atoms with Gasteiger partial charge in [-0.2, -0.15) is 0 Å². The lowest BCUT2D eigenvalue weighted by molar-refractivity contribution is -0.128. The molecule has 0 spiro atoms. The van der Waals surface area contributed by atoms with Crippen LogP contribution in [0.4, 0.5) is 0 Å². The molecule has 0 N–H and O–H groups in total. The molecule has 0 aliphatic heterocycles. The molecule has 2 fully saturated rings. The molecule has 2 aliphatic rings. The van der Waals surface area contributed by atoms with Crippen molar-refractivity contribution in [2.24, 2.45) is 22.7 Å². The van der Waals surface area contributed by atoms with Crippen molar-refractivity contribution >= 4 is 5.78 Å². The van der Waals surface area contributed by atoms with E-state index < -0.39 is 0 Å². The molecular weight excluding hydrogens is 276 g/mol. The summed E-state index contributed by atoms with van der Waals surface area (Å²) in [6.45, 7) is 7.02. The van der Waals surface area contributed by atoms with Crippen LogP contribution in [0.3, 0.4) is 0 Å². The van der Waals surface area contributed by atoms with E-state index in [2.05, 4.69) is 20.8 Å². The highest BCUT2D eigenvalue weighted by Gasteiger charge is 2.55. The summed E-state index contributed by atoms with van der Waals surface area (Å²) in [5, 5.41) is 0. The zero-order chi connectivity index (χ0) is 16.0. The zero-order valence-electron chi connectivity index (χ0n) is 13.9. The summed E-state index contributed by atoms with van der Waals surface area (Å²) in [6, 6.07) is 1.39. The third-order valence-electron chi connectivity index (χ3n) is 6.39. The van der Waals surface area contributed by atoms with Crippen LogP contribution in [0, 0.1) is 22.7 Å². The Bertz CT molecular complexity index is 628. The van der Waals surface area contributed by atoms with Crippen LogP contribution in [-0.4, -0.2) is 5.78 Å².